The molecular weight excluding hydrogens is 670 g/mol. The summed E-state index contributed by atoms with van der Waals surface area (Å²) in [5, 5.41) is 53.7. The molecule has 1 rings (SSSR count). The van der Waals surface area contributed by atoms with Crippen LogP contribution in [0.5, 0.6) is 0 Å². The van der Waals surface area contributed by atoms with Crippen LogP contribution < -0.4 is 5.32 Å². The van der Waals surface area contributed by atoms with Gasteiger partial charge in [0.2, 0.25) is 5.91 Å². The van der Waals surface area contributed by atoms with Gasteiger partial charge in [0.25, 0.3) is 0 Å². The molecule has 1 fully saturated rings. The fourth-order valence-electron chi connectivity index (χ4n) is 6.38. The zero-order valence-electron chi connectivity index (χ0n) is 33.5. The maximum atomic E-state index is 12.9. The highest BCUT2D eigenvalue weighted by atomic mass is 16.7. The summed E-state index contributed by atoms with van der Waals surface area (Å²) >= 11 is 0. The van der Waals surface area contributed by atoms with Gasteiger partial charge in [0.15, 0.2) is 6.29 Å². The molecule has 0 bridgehead atoms. The van der Waals surface area contributed by atoms with E-state index in [0.717, 1.165) is 51.4 Å². The van der Waals surface area contributed by atoms with E-state index in [1.165, 1.54) is 96.3 Å². The van der Waals surface area contributed by atoms with Crippen LogP contribution in [0.25, 0.3) is 0 Å². The van der Waals surface area contributed by atoms with Crippen molar-refractivity contribution in [3.05, 3.63) is 48.6 Å². The molecule has 0 aliphatic carbocycles. The average Bonchev–Trinajstić information content (AvgIpc) is 3.16. The van der Waals surface area contributed by atoms with Gasteiger partial charge in [0.05, 0.1) is 25.4 Å². The molecule has 9 nitrogen and oxygen atoms in total. The Kier molecular flexibility index (Phi) is 32.1. The third-order valence-corrected chi connectivity index (χ3v) is 9.86. The van der Waals surface area contributed by atoms with Gasteiger partial charge in [-0.2, -0.15) is 0 Å². The summed E-state index contributed by atoms with van der Waals surface area (Å²) in [6.07, 6.45) is 36.2. The minimum Gasteiger partial charge on any atom is -0.394 e. The Balaban J connectivity index is 2.24. The van der Waals surface area contributed by atoms with Gasteiger partial charge < -0.3 is 40.3 Å². The number of aliphatic hydroxyl groups is 5. The van der Waals surface area contributed by atoms with Gasteiger partial charge in [0, 0.05) is 6.42 Å². The summed E-state index contributed by atoms with van der Waals surface area (Å²) in [7, 11) is 0. The second-order valence-electron chi connectivity index (χ2n) is 14.8. The van der Waals surface area contributed by atoms with E-state index < -0.39 is 49.5 Å². The summed E-state index contributed by atoms with van der Waals surface area (Å²) in [6.45, 7) is 3.61. The molecule has 0 spiro atoms. The smallest absolute Gasteiger partial charge is 0.220 e. The molecule has 6 N–H and O–H groups in total. The zero-order chi connectivity index (χ0) is 38.8. The normalized spacial score (nSPS) is 22.1. The fraction of sp³-hybridized carbons (Fsp3) is 0.795. The van der Waals surface area contributed by atoms with Crippen molar-refractivity contribution in [2.24, 2.45) is 0 Å². The minimum absolute atomic E-state index is 0.196. The summed E-state index contributed by atoms with van der Waals surface area (Å²) in [6, 6.07) is -0.819. The van der Waals surface area contributed by atoms with Crippen LogP contribution in [0.1, 0.15) is 168 Å². The number of allylic oxidation sites excluding steroid dienone is 7. The first-order valence-electron chi connectivity index (χ1n) is 21.4. The number of ether oxygens (including phenoxy) is 2. The van der Waals surface area contributed by atoms with E-state index in [1.54, 1.807) is 6.08 Å². The summed E-state index contributed by atoms with van der Waals surface area (Å²) in [5.41, 5.74) is 0. The molecule has 9 heteroatoms. The molecule has 0 saturated carbocycles. The number of nitrogens with one attached hydrogen (secondary N) is 1. The molecule has 1 aliphatic rings. The fourth-order valence-corrected chi connectivity index (χ4v) is 6.38. The molecule has 0 aromatic carbocycles. The van der Waals surface area contributed by atoms with Gasteiger partial charge in [-0.1, -0.05) is 152 Å². The number of unbranched alkanes of at least 4 members (excludes halogenated alkanes) is 18. The molecule has 7 unspecified atom stereocenters. The van der Waals surface area contributed by atoms with E-state index in [2.05, 4.69) is 55.6 Å². The quantitative estimate of drug-likeness (QED) is 0.0285. The van der Waals surface area contributed by atoms with Gasteiger partial charge in [-0.05, 0) is 57.8 Å². The lowest BCUT2D eigenvalue weighted by Crippen LogP contribution is -2.60. The van der Waals surface area contributed by atoms with Gasteiger partial charge in [0.1, 0.15) is 24.4 Å². The highest BCUT2D eigenvalue weighted by Crippen LogP contribution is 2.22. The second-order valence-corrected chi connectivity index (χ2v) is 14.8. The zero-order valence-corrected chi connectivity index (χ0v) is 33.5. The maximum absolute atomic E-state index is 12.9. The van der Waals surface area contributed by atoms with Crippen molar-refractivity contribution in [3.63, 3.8) is 0 Å². The number of carbonyl (C=O) groups is 1. The highest BCUT2D eigenvalue weighted by Gasteiger charge is 2.44. The molecule has 1 saturated heterocycles. The van der Waals surface area contributed by atoms with E-state index in [1.807, 2.05) is 6.08 Å². The molecular formula is C44H79NO8. The number of hydrogen-bond acceptors (Lipinski definition) is 8. The van der Waals surface area contributed by atoms with Crippen LogP contribution in [0.4, 0.5) is 0 Å². The van der Waals surface area contributed by atoms with Crippen molar-refractivity contribution in [1.82, 2.24) is 5.32 Å². The topological polar surface area (TPSA) is 149 Å². The Bertz CT molecular complexity index is 967. The third-order valence-electron chi connectivity index (χ3n) is 9.86. The SMILES string of the molecule is CCC/C=C/CC/C=C/C(O)C(COC1OC(CO)C(O)C(O)C1O)NC(=O)CCCCCCCCCCCCC/C=C\C/C=C\CCCCCCC. The number of carbonyl (C=O) groups excluding carboxylic acids is 1. The van der Waals surface area contributed by atoms with E-state index in [-0.39, 0.29) is 12.5 Å². The molecule has 1 aliphatic heterocycles. The first-order valence-corrected chi connectivity index (χ1v) is 21.4. The first kappa shape index (κ1) is 49.2. The second kappa shape index (κ2) is 34.6. The Hall–Kier alpha value is -1.85. The van der Waals surface area contributed by atoms with Crippen LogP contribution >= 0.6 is 0 Å². The van der Waals surface area contributed by atoms with Crippen molar-refractivity contribution in [2.75, 3.05) is 13.2 Å². The average molecular weight is 750 g/mol. The highest BCUT2D eigenvalue weighted by molar-refractivity contribution is 5.76. The van der Waals surface area contributed by atoms with Crippen molar-refractivity contribution >= 4 is 5.91 Å². The summed E-state index contributed by atoms with van der Waals surface area (Å²) < 4.78 is 11.1. The lowest BCUT2D eigenvalue weighted by molar-refractivity contribution is -0.302. The lowest BCUT2D eigenvalue weighted by atomic mass is 9.99. The van der Waals surface area contributed by atoms with Crippen LogP contribution in [0.15, 0.2) is 48.6 Å². The van der Waals surface area contributed by atoms with Gasteiger partial charge in [-0.25, -0.2) is 0 Å². The molecule has 7 atom stereocenters. The van der Waals surface area contributed by atoms with E-state index in [9.17, 15) is 30.3 Å². The first-order chi connectivity index (χ1) is 25.8. The Labute approximate surface area is 323 Å². The number of rotatable bonds is 34. The summed E-state index contributed by atoms with van der Waals surface area (Å²) in [4.78, 5) is 12.9. The van der Waals surface area contributed by atoms with Crippen molar-refractivity contribution in [1.29, 1.82) is 0 Å². The van der Waals surface area contributed by atoms with Crippen molar-refractivity contribution in [3.8, 4) is 0 Å². The Morgan fingerprint density at radius 3 is 1.75 bits per heavy atom. The lowest BCUT2D eigenvalue weighted by Gasteiger charge is -2.40. The van der Waals surface area contributed by atoms with E-state index >= 15 is 0 Å². The van der Waals surface area contributed by atoms with E-state index in [0.29, 0.717) is 6.42 Å². The summed E-state index contributed by atoms with van der Waals surface area (Å²) in [5.74, 6) is -0.196. The largest absolute Gasteiger partial charge is 0.394 e. The standard InChI is InChI=1S/C44H79NO8/c1-3-5-7-9-11-12-13-14-15-16-17-18-19-20-21-22-23-24-25-26-28-30-32-34-40(48)45-37(38(47)33-31-29-27-10-8-6-4-2)36-52-44-43(51)42(50)41(49)39(35-46)53-44/h8,10,13-14,16-17,31,33,37-39,41-44,46-47,49-51H,3-7,9,11-12,15,18-30,32,34-36H2,1-2H3,(H,45,48)/b10-8+,14-13-,17-16-,33-31+. The van der Waals surface area contributed by atoms with Gasteiger partial charge >= 0.3 is 0 Å². The number of aliphatic hydroxyl groups excluding tert-OH is 5. The third kappa shape index (κ3) is 25.8. The van der Waals surface area contributed by atoms with Crippen LogP contribution in [0.2, 0.25) is 0 Å². The molecule has 0 radical (unpaired) electrons. The maximum Gasteiger partial charge on any atom is 0.220 e. The Morgan fingerprint density at radius 2 is 1.17 bits per heavy atom. The van der Waals surface area contributed by atoms with Crippen LogP contribution in [-0.4, -0.2) is 87.5 Å². The van der Waals surface area contributed by atoms with Crippen LogP contribution in [-0.2, 0) is 14.3 Å². The van der Waals surface area contributed by atoms with Crippen LogP contribution in [0, 0.1) is 0 Å². The number of amides is 1. The molecule has 0 aromatic rings. The molecule has 308 valence electrons. The Morgan fingerprint density at radius 1 is 0.642 bits per heavy atom. The predicted octanol–water partition coefficient (Wildman–Crippen LogP) is 8.28. The predicted molar refractivity (Wildman–Crippen MR) is 216 cm³/mol. The molecule has 0 aromatic heterocycles. The van der Waals surface area contributed by atoms with Gasteiger partial charge in [-0.3, -0.25) is 4.79 Å². The van der Waals surface area contributed by atoms with E-state index in [4.69, 9.17) is 9.47 Å². The molecule has 1 heterocycles. The molecule has 1 amide bonds. The van der Waals surface area contributed by atoms with Crippen LogP contribution in [0.3, 0.4) is 0 Å². The van der Waals surface area contributed by atoms with Crippen molar-refractivity contribution in [2.45, 2.75) is 211 Å². The van der Waals surface area contributed by atoms with Crippen molar-refractivity contribution < 1.29 is 39.8 Å². The molecule has 53 heavy (non-hydrogen) atoms. The van der Waals surface area contributed by atoms with Gasteiger partial charge in [-0.15, -0.1) is 0 Å². The monoisotopic (exact) mass is 750 g/mol. The number of hydrogen-bond donors (Lipinski definition) is 6. The minimum atomic E-state index is -1.57.